The first-order chi connectivity index (χ1) is 27.7. The fourth-order valence-corrected chi connectivity index (χ4v) is 9.67. The first-order valence-electron chi connectivity index (χ1n) is 17.8. The molecule has 0 unspecified atom stereocenters. The van der Waals surface area contributed by atoms with Gasteiger partial charge in [0.25, 0.3) is 0 Å². The summed E-state index contributed by atoms with van der Waals surface area (Å²) in [7, 11) is -0.892. The van der Waals surface area contributed by atoms with Crippen LogP contribution in [-0.2, 0) is 20.1 Å². The molecule has 0 aromatic heterocycles. The van der Waals surface area contributed by atoms with Crippen LogP contribution in [0.1, 0.15) is 19.4 Å². The van der Waals surface area contributed by atoms with Gasteiger partial charge in [-0.05, 0) is 47.7 Å². The molecule has 0 aliphatic rings. The van der Waals surface area contributed by atoms with Gasteiger partial charge < -0.3 is 6.58 Å². The van der Waals surface area contributed by atoms with E-state index in [0.717, 1.165) is 5.56 Å². The second-order valence-corrected chi connectivity index (χ2v) is 15.5. The Morgan fingerprint density at radius 2 is 0.596 bits per heavy atom. The molecule has 57 heavy (non-hydrogen) atoms. The zero-order chi connectivity index (χ0) is 40.5. The SMILES string of the molecule is C=C[C-]=Cc1ccccc1.CC#N.CC#N.[CH-]=C.[Ir+3].c1ccc(P(c2ccccc2)c2ccccc2)cc1.c1ccc(P(c2ccccc2)c2ccccc2)cc1. The van der Waals surface area contributed by atoms with Gasteiger partial charge in [0.2, 0.25) is 0 Å². The molecule has 0 saturated heterocycles. The van der Waals surface area contributed by atoms with Gasteiger partial charge in [0, 0.05) is 13.8 Å². The van der Waals surface area contributed by atoms with Crippen LogP contribution in [-0.4, -0.2) is 0 Å². The van der Waals surface area contributed by atoms with Gasteiger partial charge in [-0.25, -0.2) is 0 Å². The molecule has 0 spiro atoms. The zero-order valence-electron chi connectivity index (χ0n) is 32.5. The van der Waals surface area contributed by atoms with E-state index >= 15 is 0 Å². The maximum Gasteiger partial charge on any atom is 3.00 e. The van der Waals surface area contributed by atoms with Crippen molar-refractivity contribution in [2.45, 2.75) is 13.8 Å². The van der Waals surface area contributed by atoms with Crippen LogP contribution >= 0.6 is 15.8 Å². The van der Waals surface area contributed by atoms with Gasteiger partial charge in [-0.3, -0.25) is 6.58 Å². The molecule has 284 valence electrons. The minimum atomic E-state index is -0.446. The van der Waals surface area contributed by atoms with E-state index in [0.29, 0.717) is 0 Å². The van der Waals surface area contributed by atoms with E-state index in [1.54, 1.807) is 18.2 Å². The molecule has 0 aliphatic heterocycles. The molecule has 2 nitrogen and oxygen atoms in total. The van der Waals surface area contributed by atoms with Crippen molar-refractivity contribution < 1.29 is 20.1 Å². The summed E-state index contributed by atoms with van der Waals surface area (Å²) in [5.74, 6) is 0. The maximum atomic E-state index is 7.32. The third-order valence-electron chi connectivity index (χ3n) is 7.25. The third-order valence-corrected chi connectivity index (χ3v) is 12.1. The van der Waals surface area contributed by atoms with Gasteiger partial charge in [-0.2, -0.15) is 35.3 Å². The molecule has 7 aromatic carbocycles. The molecular formula is C52H48IrN2P2+. The molecule has 0 aliphatic carbocycles. The van der Waals surface area contributed by atoms with E-state index in [1.165, 1.54) is 45.7 Å². The second kappa shape index (κ2) is 32.5. The second-order valence-electron chi connectivity index (χ2n) is 11.1. The average Bonchev–Trinajstić information content (AvgIpc) is 3.28. The summed E-state index contributed by atoms with van der Waals surface area (Å²) in [5.41, 5.74) is 1.16. The van der Waals surface area contributed by atoms with Crippen LogP contribution in [0.2, 0.25) is 0 Å². The van der Waals surface area contributed by atoms with Crippen LogP contribution in [0.5, 0.6) is 0 Å². The standard InChI is InChI=1S/2C18H15P.C10H9.2C2H3N.C2H3.Ir/c2*1-4-10-16(11-5-1)19(17-12-6-2-7-13-17)18-14-8-3-9-15-18;1-2-3-7-10-8-5-4-6-9-10;2*1-2-3;1-2;/h2*1-15H;2,4-9H,1H2;2*1H3;1H,2H2;/q;;-1;;;-1;+3. The topological polar surface area (TPSA) is 47.6 Å². The molecule has 5 heteroatoms. The zero-order valence-corrected chi connectivity index (χ0v) is 36.7. The summed E-state index contributed by atoms with van der Waals surface area (Å²) in [6, 6.07) is 78.2. The van der Waals surface area contributed by atoms with Crippen LogP contribution in [0.4, 0.5) is 0 Å². The number of rotatable bonds is 8. The first-order valence-corrected chi connectivity index (χ1v) is 20.5. The van der Waals surface area contributed by atoms with Gasteiger partial charge in [-0.1, -0.05) is 200 Å². The molecule has 0 N–H and O–H groups in total. The Hall–Kier alpha value is -5.75. The smallest absolute Gasteiger partial charge is 0.521 e. The molecule has 0 fully saturated rings. The van der Waals surface area contributed by atoms with Crippen LogP contribution in [0, 0.1) is 35.3 Å². The van der Waals surface area contributed by atoms with Crippen LogP contribution in [0.3, 0.4) is 0 Å². The Morgan fingerprint density at radius 3 is 0.772 bits per heavy atom. The van der Waals surface area contributed by atoms with Gasteiger partial charge in [0.1, 0.15) is 0 Å². The Morgan fingerprint density at radius 1 is 0.421 bits per heavy atom. The van der Waals surface area contributed by atoms with E-state index in [-0.39, 0.29) is 20.1 Å². The number of hydrogen-bond acceptors (Lipinski definition) is 2. The molecule has 0 heterocycles. The molecule has 7 rings (SSSR count). The molecular weight excluding hydrogens is 907 g/mol. The summed E-state index contributed by atoms with van der Waals surface area (Å²) < 4.78 is 0. The summed E-state index contributed by atoms with van der Waals surface area (Å²) >= 11 is 0. The van der Waals surface area contributed by atoms with E-state index in [9.17, 15) is 0 Å². The van der Waals surface area contributed by atoms with E-state index < -0.39 is 15.8 Å². The van der Waals surface area contributed by atoms with Gasteiger partial charge in [0.15, 0.2) is 0 Å². The minimum Gasteiger partial charge on any atom is -0.521 e. The van der Waals surface area contributed by atoms with Crippen molar-refractivity contribution in [3.8, 4) is 12.1 Å². The Balaban J connectivity index is 0.000000402. The number of benzene rings is 7. The Kier molecular flexibility index (Phi) is 28.1. The molecule has 0 saturated carbocycles. The fraction of sp³-hybridized carbons (Fsp3) is 0.0385. The van der Waals surface area contributed by atoms with Crippen molar-refractivity contribution in [3.05, 3.63) is 250 Å². The van der Waals surface area contributed by atoms with Crippen LogP contribution in [0.25, 0.3) is 6.08 Å². The number of allylic oxidation sites excluding steroid dienone is 2. The molecule has 0 bridgehead atoms. The molecule has 0 amide bonds. The third kappa shape index (κ3) is 19.1. The number of nitrogens with zero attached hydrogens (tertiary/aromatic N) is 2. The first kappa shape index (κ1) is 49.3. The summed E-state index contributed by atoms with van der Waals surface area (Å²) in [5, 5.41) is 23.0. The quantitative estimate of drug-likeness (QED) is 0.0866. The van der Waals surface area contributed by atoms with Crippen molar-refractivity contribution in [2.75, 3.05) is 0 Å². The van der Waals surface area contributed by atoms with Crippen molar-refractivity contribution in [1.82, 2.24) is 0 Å². The number of hydrogen-bond donors (Lipinski definition) is 0. The number of nitriles is 2. The van der Waals surface area contributed by atoms with E-state index in [4.69, 9.17) is 10.5 Å². The summed E-state index contributed by atoms with van der Waals surface area (Å²) in [6.45, 7) is 13.4. The normalized spacial score (nSPS) is 9.16. The monoisotopic (exact) mass is 955 g/mol. The van der Waals surface area contributed by atoms with E-state index in [1.807, 2.05) is 36.4 Å². The van der Waals surface area contributed by atoms with Crippen molar-refractivity contribution >= 4 is 53.7 Å². The van der Waals surface area contributed by atoms with Crippen LogP contribution < -0.4 is 31.8 Å². The predicted molar refractivity (Wildman–Crippen MR) is 247 cm³/mol. The summed E-state index contributed by atoms with van der Waals surface area (Å²) in [4.78, 5) is 0. The molecule has 7 aromatic rings. The average molecular weight is 955 g/mol. The Bertz CT molecular complexity index is 1800. The van der Waals surface area contributed by atoms with Gasteiger partial charge >= 0.3 is 20.1 Å². The fourth-order valence-electron chi connectivity index (χ4n) is 5.06. The van der Waals surface area contributed by atoms with Gasteiger partial charge in [-0.15, -0.1) is 17.7 Å². The predicted octanol–water partition coefficient (Wildman–Crippen LogP) is 11.2. The van der Waals surface area contributed by atoms with Crippen molar-refractivity contribution in [1.29, 1.82) is 10.5 Å². The largest absolute Gasteiger partial charge is 3.00 e. The minimum absolute atomic E-state index is 0. The van der Waals surface area contributed by atoms with E-state index in [2.05, 4.69) is 208 Å². The molecule has 0 radical (unpaired) electrons. The maximum absolute atomic E-state index is 7.32. The van der Waals surface area contributed by atoms with Gasteiger partial charge in [0.05, 0.1) is 12.1 Å². The van der Waals surface area contributed by atoms with Crippen molar-refractivity contribution in [2.24, 2.45) is 0 Å². The summed E-state index contributed by atoms with van der Waals surface area (Å²) in [6.07, 6.45) is 6.45. The van der Waals surface area contributed by atoms with Crippen molar-refractivity contribution in [3.63, 3.8) is 0 Å². The van der Waals surface area contributed by atoms with Crippen LogP contribution in [0.15, 0.2) is 232 Å². The molecule has 0 atom stereocenters. The Labute approximate surface area is 358 Å².